The molecule has 1 aromatic rings. The zero-order valence-corrected chi connectivity index (χ0v) is 9.75. The largest absolute Gasteiger partial charge is 0.399 e. The number of benzene rings is 1. The lowest BCUT2D eigenvalue weighted by Gasteiger charge is -2.04. The van der Waals surface area contributed by atoms with E-state index >= 15 is 0 Å². The highest BCUT2D eigenvalue weighted by molar-refractivity contribution is 5.68. The maximum atomic E-state index is 5.66. The van der Waals surface area contributed by atoms with Crippen molar-refractivity contribution in [2.24, 2.45) is 0 Å². The van der Waals surface area contributed by atoms with Crippen molar-refractivity contribution in [1.29, 1.82) is 0 Å². The summed E-state index contributed by atoms with van der Waals surface area (Å²) in [6, 6.07) is 8.04. The molecule has 0 heterocycles. The molecule has 0 saturated heterocycles. The maximum absolute atomic E-state index is 5.66. The van der Waals surface area contributed by atoms with Crippen LogP contribution in [0.1, 0.15) is 32.8 Å². The molecule has 0 fully saturated rings. The highest BCUT2D eigenvalue weighted by Crippen LogP contribution is 2.19. The molecule has 0 atom stereocenters. The van der Waals surface area contributed by atoms with Crippen molar-refractivity contribution in [3.05, 3.63) is 47.6 Å². The summed E-state index contributed by atoms with van der Waals surface area (Å²) in [6.07, 6.45) is 5.36. The van der Waals surface area contributed by atoms with Gasteiger partial charge in [-0.15, -0.1) is 0 Å². The van der Waals surface area contributed by atoms with E-state index in [9.17, 15) is 0 Å². The van der Waals surface area contributed by atoms with Crippen LogP contribution in [0.15, 0.2) is 42.0 Å². The monoisotopic (exact) mass is 201 g/mol. The van der Waals surface area contributed by atoms with Gasteiger partial charge in [0.05, 0.1) is 0 Å². The van der Waals surface area contributed by atoms with E-state index in [2.05, 4.69) is 45.1 Å². The summed E-state index contributed by atoms with van der Waals surface area (Å²) in [4.78, 5) is 0. The molecule has 0 aliphatic carbocycles. The molecule has 0 saturated carbocycles. The third-order valence-electron chi connectivity index (χ3n) is 2.28. The average molecular weight is 201 g/mol. The zero-order chi connectivity index (χ0) is 11.3. The van der Waals surface area contributed by atoms with E-state index in [-0.39, 0.29) is 0 Å². The Kier molecular flexibility index (Phi) is 4.17. The van der Waals surface area contributed by atoms with E-state index in [1.165, 1.54) is 16.7 Å². The van der Waals surface area contributed by atoms with Crippen LogP contribution < -0.4 is 5.73 Å². The second-order valence-electron chi connectivity index (χ2n) is 3.91. The maximum Gasteiger partial charge on any atom is 0.0314 e. The van der Waals surface area contributed by atoms with Crippen molar-refractivity contribution < 1.29 is 0 Å². The first-order chi connectivity index (χ1) is 7.13. The number of hydrogen-bond acceptors (Lipinski definition) is 1. The molecular weight excluding hydrogens is 182 g/mol. The minimum absolute atomic E-state index is 0.816. The molecule has 1 heteroatoms. The van der Waals surface area contributed by atoms with Crippen molar-refractivity contribution in [1.82, 2.24) is 0 Å². The Morgan fingerprint density at radius 3 is 2.20 bits per heavy atom. The van der Waals surface area contributed by atoms with Crippen molar-refractivity contribution in [2.45, 2.75) is 27.2 Å². The Hall–Kier alpha value is -1.50. The highest BCUT2D eigenvalue weighted by atomic mass is 14.5. The van der Waals surface area contributed by atoms with E-state index in [4.69, 9.17) is 5.73 Å². The van der Waals surface area contributed by atoms with Gasteiger partial charge in [0.1, 0.15) is 0 Å². The van der Waals surface area contributed by atoms with Gasteiger partial charge in [0, 0.05) is 5.69 Å². The summed E-state index contributed by atoms with van der Waals surface area (Å²) < 4.78 is 0. The molecule has 0 aromatic heterocycles. The van der Waals surface area contributed by atoms with Crippen LogP contribution in [0.2, 0.25) is 0 Å². The van der Waals surface area contributed by atoms with E-state index in [0.717, 1.165) is 12.1 Å². The lowest BCUT2D eigenvalue weighted by molar-refractivity contribution is 1.24. The molecule has 0 radical (unpaired) electrons. The topological polar surface area (TPSA) is 26.0 Å². The van der Waals surface area contributed by atoms with Crippen LogP contribution in [-0.4, -0.2) is 0 Å². The molecule has 1 nitrogen and oxygen atoms in total. The van der Waals surface area contributed by atoms with E-state index in [1.807, 2.05) is 12.1 Å². The fourth-order valence-electron chi connectivity index (χ4n) is 1.38. The van der Waals surface area contributed by atoms with Gasteiger partial charge in [0.25, 0.3) is 0 Å². The Morgan fingerprint density at radius 1 is 1.13 bits per heavy atom. The molecule has 0 bridgehead atoms. The summed E-state index contributed by atoms with van der Waals surface area (Å²) in [7, 11) is 0. The van der Waals surface area contributed by atoms with Crippen LogP contribution in [0.5, 0.6) is 0 Å². The van der Waals surface area contributed by atoms with E-state index in [1.54, 1.807) is 0 Å². The molecule has 1 aromatic carbocycles. The predicted molar refractivity (Wildman–Crippen MR) is 68.6 cm³/mol. The first-order valence-electron chi connectivity index (χ1n) is 5.33. The Balaban J connectivity index is 2.97. The number of anilines is 1. The number of rotatable bonds is 3. The van der Waals surface area contributed by atoms with Crippen LogP contribution >= 0.6 is 0 Å². The van der Waals surface area contributed by atoms with E-state index in [0.29, 0.717) is 0 Å². The normalized spacial score (nSPS) is 11.3. The molecule has 0 unspecified atom stereocenters. The van der Waals surface area contributed by atoms with Crippen molar-refractivity contribution in [3.63, 3.8) is 0 Å². The quantitative estimate of drug-likeness (QED) is 0.580. The van der Waals surface area contributed by atoms with Gasteiger partial charge in [0.15, 0.2) is 0 Å². The minimum Gasteiger partial charge on any atom is -0.399 e. The van der Waals surface area contributed by atoms with Gasteiger partial charge < -0.3 is 5.73 Å². The van der Waals surface area contributed by atoms with Gasteiger partial charge >= 0.3 is 0 Å². The van der Waals surface area contributed by atoms with Gasteiger partial charge in [-0.1, -0.05) is 36.8 Å². The number of nitrogen functional groups attached to an aromatic ring is 1. The average Bonchev–Trinajstić information content (AvgIpc) is 2.21. The molecule has 0 spiro atoms. The van der Waals surface area contributed by atoms with Crippen LogP contribution in [0, 0.1) is 0 Å². The van der Waals surface area contributed by atoms with Gasteiger partial charge in [0.2, 0.25) is 0 Å². The van der Waals surface area contributed by atoms with Crippen LogP contribution in [0.25, 0.3) is 5.57 Å². The van der Waals surface area contributed by atoms with Gasteiger partial charge in [-0.3, -0.25) is 0 Å². The molecule has 0 aliphatic heterocycles. The first kappa shape index (κ1) is 11.6. The fraction of sp³-hybridized carbons (Fsp3) is 0.286. The predicted octanol–water partition coefficient (Wildman–Crippen LogP) is 4.03. The second kappa shape index (κ2) is 5.40. The highest BCUT2D eigenvalue weighted by Gasteiger charge is 1.97. The summed E-state index contributed by atoms with van der Waals surface area (Å²) >= 11 is 0. The summed E-state index contributed by atoms with van der Waals surface area (Å²) in [6.45, 7) is 6.38. The molecular formula is C14H19N. The molecule has 1 rings (SSSR count). The standard InChI is InChI=1S/C14H19N/c1-4-12(6-5-11(2)3)13-7-9-14(15)10-8-13/h5-10H,4,15H2,1-3H3/b12-6+. The minimum atomic E-state index is 0.816. The van der Waals surface area contributed by atoms with Gasteiger partial charge in [-0.05, 0) is 43.5 Å². The molecule has 80 valence electrons. The SMILES string of the molecule is CC/C(=C\C=C(C)C)c1ccc(N)cc1. The number of hydrogen-bond donors (Lipinski definition) is 1. The summed E-state index contributed by atoms with van der Waals surface area (Å²) in [5.41, 5.74) is 10.4. The van der Waals surface area contributed by atoms with Crippen molar-refractivity contribution in [2.75, 3.05) is 5.73 Å². The van der Waals surface area contributed by atoms with Crippen LogP contribution in [0.4, 0.5) is 5.69 Å². The van der Waals surface area contributed by atoms with Gasteiger partial charge in [-0.25, -0.2) is 0 Å². The Bertz CT molecular complexity index is 365. The first-order valence-corrected chi connectivity index (χ1v) is 5.33. The lowest BCUT2D eigenvalue weighted by Crippen LogP contribution is -1.86. The van der Waals surface area contributed by atoms with Crippen molar-refractivity contribution in [3.8, 4) is 0 Å². The smallest absolute Gasteiger partial charge is 0.0314 e. The third-order valence-corrected chi connectivity index (χ3v) is 2.28. The van der Waals surface area contributed by atoms with Crippen molar-refractivity contribution >= 4 is 11.3 Å². The molecule has 0 aliphatic rings. The van der Waals surface area contributed by atoms with E-state index < -0.39 is 0 Å². The molecule has 15 heavy (non-hydrogen) atoms. The third kappa shape index (κ3) is 3.62. The molecule has 0 amide bonds. The van der Waals surface area contributed by atoms with Crippen LogP contribution in [-0.2, 0) is 0 Å². The second-order valence-corrected chi connectivity index (χ2v) is 3.91. The number of nitrogens with two attached hydrogens (primary N) is 1. The lowest BCUT2D eigenvalue weighted by atomic mass is 10.0. The Morgan fingerprint density at radius 2 is 1.73 bits per heavy atom. The van der Waals surface area contributed by atoms with Crippen LogP contribution in [0.3, 0.4) is 0 Å². The number of allylic oxidation sites excluding steroid dienone is 4. The molecule has 2 N–H and O–H groups in total. The zero-order valence-electron chi connectivity index (χ0n) is 9.75. The summed E-state index contributed by atoms with van der Waals surface area (Å²) in [5.74, 6) is 0. The Labute approximate surface area is 92.3 Å². The fourth-order valence-corrected chi connectivity index (χ4v) is 1.38. The van der Waals surface area contributed by atoms with Gasteiger partial charge in [-0.2, -0.15) is 0 Å². The summed E-state index contributed by atoms with van der Waals surface area (Å²) in [5, 5.41) is 0.